The quantitative estimate of drug-likeness (QED) is 0.397. The van der Waals surface area contributed by atoms with E-state index in [9.17, 15) is 18.4 Å². The topological polar surface area (TPSA) is 96.4 Å². The van der Waals surface area contributed by atoms with Crippen LogP contribution in [0.2, 0.25) is 0 Å². The zero-order valence-corrected chi connectivity index (χ0v) is 18.5. The molecule has 3 aliphatic heterocycles. The number of hydrogen-bond donors (Lipinski definition) is 1. The molecule has 160 valence electrons. The van der Waals surface area contributed by atoms with Crippen LogP contribution in [0.4, 0.5) is 5.69 Å². The lowest BCUT2D eigenvalue weighted by Crippen LogP contribution is -2.39. The molecule has 0 aliphatic carbocycles. The van der Waals surface area contributed by atoms with Crippen molar-refractivity contribution in [3.05, 3.63) is 52.6 Å². The van der Waals surface area contributed by atoms with Gasteiger partial charge in [0, 0.05) is 6.42 Å². The lowest BCUT2D eigenvalue weighted by molar-refractivity contribution is -0.123. The molecule has 0 spiro atoms. The van der Waals surface area contributed by atoms with Crippen LogP contribution in [0.3, 0.4) is 0 Å². The lowest BCUT2D eigenvalue weighted by Gasteiger charge is -2.20. The summed E-state index contributed by atoms with van der Waals surface area (Å²) in [5.74, 6) is 0.306. The fourth-order valence-corrected chi connectivity index (χ4v) is 6.71. The van der Waals surface area contributed by atoms with Gasteiger partial charge in [0.15, 0.2) is 9.84 Å². The monoisotopic (exact) mass is 468 g/mol. The average Bonchev–Trinajstić information content (AvgIpc) is 3.40. The third kappa shape index (κ3) is 4.26. The van der Waals surface area contributed by atoms with E-state index < -0.39 is 15.9 Å². The molecule has 1 aromatic carbocycles. The predicted octanol–water partition coefficient (Wildman–Crippen LogP) is 2.72. The van der Waals surface area contributed by atoms with Crippen molar-refractivity contribution in [2.75, 3.05) is 23.8 Å². The minimum Gasteiger partial charge on any atom is -0.486 e. The van der Waals surface area contributed by atoms with E-state index in [0.29, 0.717) is 38.7 Å². The summed E-state index contributed by atoms with van der Waals surface area (Å²) in [6.45, 7) is 0. The van der Waals surface area contributed by atoms with Gasteiger partial charge in [0.25, 0.3) is 5.91 Å². The maximum atomic E-state index is 12.8. The average molecular weight is 469 g/mol. The molecular formula is C19H20N2O6S3. The van der Waals surface area contributed by atoms with Gasteiger partial charge in [-0.25, -0.2) is 8.42 Å². The van der Waals surface area contributed by atoms with E-state index in [0.717, 1.165) is 17.3 Å². The zero-order valence-electron chi connectivity index (χ0n) is 16.1. The van der Waals surface area contributed by atoms with E-state index in [2.05, 4.69) is 0 Å². The normalized spacial score (nSPS) is 26.9. The molecule has 2 saturated heterocycles. The molecule has 1 aromatic rings. The summed E-state index contributed by atoms with van der Waals surface area (Å²) in [6, 6.07) is 6.73. The molecule has 2 atom stereocenters. The van der Waals surface area contributed by atoms with Crippen molar-refractivity contribution in [1.82, 2.24) is 4.90 Å². The summed E-state index contributed by atoms with van der Waals surface area (Å²) < 4.78 is 29.9. The molecule has 0 saturated carbocycles. The van der Waals surface area contributed by atoms with Gasteiger partial charge in [0.2, 0.25) is 0 Å². The first-order valence-corrected chi connectivity index (χ1v) is 12.3. The highest BCUT2D eigenvalue weighted by molar-refractivity contribution is 8.26. The highest BCUT2D eigenvalue weighted by Gasteiger charge is 2.42. The fraction of sp³-hybridized carbons (Fsp3) is 0.368. The summed E-state index contributed by atoms with van der Waals surface area (Å²) in [6.07, 6.45) is 4.29. The van der Waals surface area contributed by atoms with Crippen molar-refractivity contribution in [2.24, 2.45) is 0 Å². The number of sulfone groups is 1. The first-order chi connectivity index (χ1) is 14.3. The van der Waals surface area contributed by atoms with Crippen molar-refractivity contribution in [3.8, 4) is 0 Å². The lowest BCUT2D eigenvalue weighted by atomic mass is 10.1. The predicted molar refractivity (Wildman–Crippen MR) is 116 cm³/mol. The summed E-state index contributed by atoms with van der Waals surface area (Å²) in [4.78, 5) is 19.5. The van der Waals surface area contributed by atoms with E-state index in [1.165, 1.54) is 12.0 Å². The third-order valence-electron chi connectivity index (χ3n) is 5.12. The van der Waals surface area contributed by atoms with E-state index in [1.54, 1.807) is 24.3 Å². The Balaban J connectivity index is 1.45. The van der Waals surface area contributed by atoms with Crippen LogP contribution in [0.25, 0.3) is 0 Å². The Kier molecular flexibility index (Phi) is 5.90. The number of anilines is 1. The summed E-state index contributed by atoms with van der Waals surface area (Å²) in [7, 11) is -1.76. The SMILES string of the molecule is CON(O)c1cccc(C2CC=C(/C=C3/SC(=S)N(C4CCS(=O)(=O)C4)C3=O)O2)c1. The third-order valence-corrected chi connectivity index (χ3v) is 8.20. The number of benzene rings is 1. The highest BCUT2D eigenvalue weighted by atomic mass is 32.2. The highest BCUT2D eigenvalue weighted by Crippen LogP contribution is 2.38. The molecule has 8 nitrogen and oxygen atoms in total. The molecular weight excluding hydrogens is 448 g/mol. The number of nitrogens with zero attached hydrogens (tertiary/aromatic N) is 2. The second kappa shape index (κ2) is 8.31. The van der Waals surface area contributed by atoms with E-state index >= 15 is 0 Å². The number of hydrogen-bond acceptors (Lipinski definition) is 9. The number of thioether (sulfide) groups is 1. The standard InChI is InChI=1S/C19H20N2O6S3/c1-26-21(23)13-4-2-3-12(9-13)16-6-5-15(27-16)10-17-18(22)20(19(28)29-17)14-7-8-30(24,25)11-14/h2-5,9-10,14,16,23H,6-8,11H2,1H3/b17-10+. The maximum Gasteiger partial charge on any atom is 0.266 e. The fourth-order valence-electron chi connectivity index (χ4n) is 3.63. The van der Waals surface area contributed by atoms with E-state index in [-0.39, 0.29) is 23.5 Å². The zero-order chi connectivity index (χ0) is 21.5. The second-order valence-electron chi connectivity index (χ2n) is 7.11. The molecule has 4 rings (SSSR count). The van der Waals surface area contributed by atoms with Crippen LogP contribution in [0.15, 0.2) is 47.1 Å². The number of rotatable bonds is 5. The Labute approximate surface area is 183 Å². The molecule has 1 amide bonds. The smallest absolute Gasteiger partial charge is 0.266 e. The molecule has 11 heteroatoms. The van der Waals surface area contributed by atoms with Crippen molar-refractivity contribution >= 4 is 49.7 Å². The van der Waals surface area contributed by atoms with Crippen LogP contribution in [0.1, 0.15) is 24.5 Å². The number of allylic oxidation sites excluding steroid dienone is 1. The van der Waals surface area contributed by atoms with E-state index in [1.807, 2.05) is 12.1 Å². The Morgan fingerprint density at radius 1 is 1.43 bits per heavy atom. The van der Waals surface area contributed by atoms with Gasteiger partial charge < -0.3 is 4.74 Å². The van der Waals surface area contributed by atoms with Gasteiger partial charge in [-0.3, -0.25) is 19.7 Å². The Morgan fingerprint density at radius 3 is 2.93 bits per heavy atom. The number of ether oxygens (including phenoxy) is 1. The molecule has 2 unspecified atom stereocenters. The maximum absolute atomic E-state index is 12.8. The Hall–Kier alpha value is -1.92. The molecule has 2 fully saturated rings. The van der Waals surface area contributed by atoms with Crippen molar-refractivity contribution < 1.29 is 28.0 Å². The van der Waals surface area contributed by atoms with Crippen LogP contribution in [-0.4, -0.2) is 53.4 Å². The molecule has 0 aromatic heterocycles. The van der Waals surface area contributed by atoms with Gasteiger partial charge in [-0.15, -0.1) is 5.23 Å². The number of carbonyl (C=O) groups is 1. The van der Waals surface area contributed by atoms with Crippen molar-refractivity contribution in [3.63, 3.8) is 0 Å². The number of amides is 1. The van der Waals surface area contributed by atoms with Gasteiger partial charge in [-0.05, 0) is 36.3 Å². The van der Waals surface area contributed by atoms with Gasteiger partial charge >= 0.3 is 0 Å². The second-order valence-corrected chi connectivity index (χ2v) is 11.0. The number of carbonyl (C=O) groups excluding carboxylic acids is 1. The summed E-state index contributed by atoms with van der Waals surface area (Å²) in [5, 5.41) is 10.4. The first kappa shape index (κ1) is 21.3. The van der Waals surface area contributed by atoms with Gasteiger partial charge in [0.1, 0.15) is 16.2 Å². The molecule has 3 heterocycles. The van der Waals surface area contributed by atoms with Crippen LogP contribution in [-0.2, 0) is 24.2 Å². The number of thiocarbonyl (C=S) groups is 1. The van der Waals surface area contributed by atoms with Crippen LogP contribution < -0.4 is 5.23 Å². The van der Waals surface area contributed by atoms with Gasteiger partial charge in [0.05, 0.1) is 35.2 Å². The molecule has 0 bridgehead atoms. The minimum absolute atomic E-state index is 0.0479. The van der Waals surface area contributed by atoms with Gasteiger partial charge in [-0.1, -0.05) is 36.1 Å². The molecule has 30 heavy (non-hydrogen) atoms. The van der Waals surface area contributed by atoms with Crippen LogP contribution in [0.5, 0.6) is 0 Å². The summed E-state index contributed by atoms with van der Waals surface area (Å²) >= 11 is 6.49. The Morgan fingerprint density at radius 2 is 2.23 bits per heavy atom. The molecule has 1 N–H and O–H groups in total. The minimum atomic E-state index is -3.12. The largest absolute Gasteiger partial charge is 0.486 e. The molecule has 0 radical (unpaired) electrons. The first-order valence-electron chi connectivity index (χ1n) is 9.25. The van der Waals surface area contributed by atoms with Crippen molar-refractivity contribution in [1.29, 1.82) is 0 Å². The van der Waals surface area contributed by atoms with Crippen molar-refractivity contribution in [2.45, 2.75) is 25.0 Å². The van der Waals surface area contributed by atoms with Crippen LogP contribution >= 0.6 is 24.0 Å². The van der Waals surface area contributed by atoms with E-state index in [4.69, 9.17) is 21.8 Å². The van der Waals surface area contributed by atoms with Gasteiger partial charge in [-0.2, -0.15) is 0 Å². The molecule has 3 aliphatic rings. The summed E-state index contributed by atoms with van der Waals surface area (Å²) in [5.41, 5.74) is 1.33. The Bertz CT molecular complexity index is 1050. The van der Waals surface area contributed by atoms with Crippen LogP contribution in [0, 0.1) is 0 Å².